The molecule has 0 aromatic carbocycles. The van der Waals surface area contributed by atoms with Gasteiger partial charge in [0.2, 0.25) is 5.91 Å². The van der Waals surface area contributed by atoms with Crippen LogP contribution in [0.1, 0.15) is 41.8 Å². The summed E-state index contributed by atoms with van der Waals surface area (Å²) < 4.78 is 16.8. The Kier molecular flexibility index (Phi) is 4.43. The highest BCUT2D eigenvalue weighted by molar-refractivity contribution is 5.94. The zero-order valence-corrected chi connectivity index (χ0v) is 16.2. The fourth-order valence-electron chi connectivity index (χ4n) is 5.66. The first-order valence-electron chi connectivity index (χ1n) is 10.3. The van der Waals surface area contributed by atoms with Crippen LogP contribution in [0.3, 0.4) is 0 Å². The lowest BCUT2D eigenvalue weighted by molar-refractivity contribution is -0.139. The molecule has 152 valence electrons. The molecule has 0 unspecified atom stereocenters. The summed E-state index contributed by atoms with van der Waals surface area (Å²) in [7, 11) is 0. The van der Waals surface area contributed by atoms with E-state index in [0.29, 0.717) is 43.5 Å². The lowest BCUT2D eigenvalue weighted by Crippen LogP contribution is -2.41. The molecular formula is C20H27N3O5. The molecule has 4 aliphatic rings. The van der Waals surface area contributed by atoms with Crippen molar-refractivity contribution in [3.63, 3.8) is 0 Å². The standard InChI is InChI=1S/C20H27N3O5/c1-12-14(9-22-28-12)18(24)21-8-15-16-10-23(11-20(16)5-2-17(15)27-20)19(25)13-3-6-26-7-4-13/h9,13,15-17H,2-8,10-11H2,1H3,(H,21,24)/t15-,16+,17+,20+/m0/s1. The molecule has 5 heterocycles. The van der Waals surface area contributed by atoms with Crippen molar-refractivity contribution in [1.29, 1.82) is 0 Å². The number of likely N-dealkylation sites (tertiary alicyclic amines) is 1. The van der Waals surface area contributed by atoms with Gasteiger partial charge in [0.15, 0.2) is 0 Å². The van der Waals surface area contributed by atoms with Crippen molar-refractivity contribution >= 4 is 11.8 Å². The van der Waals surface area contributed by atoms with Gasteiger partial charge in [0.25, 0.3) is 5.91 Å². The van der Waals surface area contributed by atoms with Gasteiger partial charge in [0.05, 0.1) is 24.4 Å². The highest BCUT2D eigenvalue weighted by Gasteiger charge is 2.63. The molecule has 4 atom stereocenters. The van der Waals surface area contributed by atoms with Crippen LogP contribution in [0.15, 0.2) is 10.7 Å². The third-order valence-electron chi connectivity index (χ3n) is 7.16. The van der Waals surface area contributed by atoms with Gasteiger partial charge in [-0.05, 0) is 32.6 Å². The molecule has 0 aliphatic carbocycles. The maximum absolute atomic E-state index is 13.0. The van der Waals surface area contributed by atoms with Crippen LogP contribution in [0.25, 0.3) is 0 Å². The van der Waals surface area contributed by atoms with Gasteiger partial charge in [-0.25, -0.2) is 0 Å². The van der Waals surface area contributed by atoms with E-state index >= 15 is 0 Å². The molecule has 28 heavy (non-hydrogen) atoms. The van der Waals surface area contributed by atoms with Gasteiger partial charge in [0.1, 0.15) is 11.3 Å². The molecule has 0 radical (unpaired) electrons. The summed E-state index contributed by atoms with van der Waals surface area (Å²) in [5.74, 6) is 1.22. The number of hydrogen-bond donors (Lipinski definition) is 1. The van der Waals surface area contributed by atoms with E-state index in [1.165, 1.54) is 6.20 Å². The Morgan fingerprint density at radius 1 is 1.32 bits per heavy atom. The maximum Gasteiger partial charge on any atom is 0.256 e. The van der Waals surface area contributed by atoms with Gasteiger partial charge in [-0.15, -0.1) is 0 Å². The smallest absolute Gasteiger partial charge is 0.256 e. The van der Waals surface area contributed by atoms with Crippen molar-refractivity contribution in [3.8, 4) is 0 Å². The van der Waals surface area contributed by atoms with E-state index < -0.39 is 0 Å². The van der Waals surface area contributed by atoms with E-state index in [4.69, 9.17) is 14.0 Å². The second-order valence-electron chi connectivity index (χ2n) is 8.64. The normalized spacial score (nSPS) is 34.6. The Morgan fingerprint density at radius 3 is 2.89 bits per heavy atom. The third-order valence-corrected chi connectivity index (χ3v) is 7.16. The van der Waals surface area contributed by atoms with Gasteiger partial charge >= 0.3 is 0 Å². The van der Waals surface area contributed by atoms with Crippen LogP contribution in [0.5, 0.6) is 0 Å². The predicted octanol–water partition coefficient (Wildman–Crippen LogP) is 1.15. The molecule has 8 nitrogen and oxygen atoms in total. The van der Waals surface area contributed by atoms with Gasteiger partial charge in [-0.1, -0.05) is 5.16 Å². The number of nitrogens with one attached hydrogen (secondary N) is 1. The first-order valence-corrected chi connectivity index (χ1v) is 10.3. The SMILES string of the molecule is Cc1oncc1C(=O)NC[C@H]1[C@H]2CN(C(=O)C3CCOCC3)C[C@]23CC[C@H]1O3. The largest absolute Gasteiger partial charge is 0.381 e. The second-order valence-corrected chi connectivity index (χ2v) is 8.64. The minimum Gasteiger partial charge on any atom is -0.381 e. The molecule has 1 spiro atoms. The van der Waals surface area contributed by atoms with E-state index in [0.717, 1.165) is 32.2 Å². The number of aryl methyl sites for hydroxylation is 1. The van der Waals surface area contributed by atoms with E-state index in [-0.39, 0.29) is 35.4 Å². The Hall–Kier alpha value is -1.93. The number of carbonyl (C=O) groups excluding carboxylic acids is 2. The molecule has 1 N–H and O–H groups in total. The molecule has 5 rings (SSSR count). The number of nitrogens with zero attached hydrogens (tertiary/aromatic N) is 2. The highest BCUT2D eigenvalue weighted by atomic mass is 16.5. The monoisotopic (exact) mass is 389 g/mol. The third kappa shape index (κ3) is 2.85. The Labute approximate surface area is 163 Å². The summed E-state index contributed by atoms with van der Waals surface area (Å²) in [5.41, 5.74) is 0.259. The first-order chi connectivity index (χ1) is 13.6. The fraction of sp³-hybridized carbons (Fsp3) is 0.750. The number of hydrogen-bond acceptors (Lipinski definition) is 6. The molecule has 0 saturated carbocycles. The van der Waals surface area contributed by atoms with Gasteiger partial charge < -0.3 is 24.2 Å². The van der Waals surface area contributed by atoms with Crippen molar-refractivity contribution in [2.24, 2.45) is 17.8 Å². The number of carbonyl (C=O) groups is 2. The molecule has 8 heteroatoms. The van der Waals surface area contributed by atoms with E-state index in [1.807, 2.05) is 4.90 Å². The Bertz CT molecular complexity index is 774. The summed E-state index contributed by atoms with van der Waals surface area (Å²) in [6.45, 7) is 5.07. The molecule has 2 bridgehead atoms. The summed E-state index contributed by atoms with van der Waals surface area (Å²) in [5, 5.41) is 6.70. The maximum atomic E-state index is 13.0. The summed E-state index contributed by atoms with van der Waals surface area (Å²) in [4.78, 5) is 27.4. The van der Waals surface area contributed by atoms with Crippen LogP contribution < -0.4 is 5.32 Å². The number of fused-ring (bicyclic) bond motifs is 1. The summed E-state index contributed by atoms with van der Waals surface area (Å²) >= 11 is 0. The van der Waals surface area contributed by atoms with Crippen molar-refractivity contribution in [2.75, 3.05) is 32.8 Å². The molecule has 1 aromatic heterocycles. The Balaban J connectivity index is 1.25. The van der Waals surface area contributed by atoms with Crippen LogP contribution in [0.4, 0.5) is 0 Å². The van der Waals surface area contributed by atoms with Crippen LogP contribution >= 0.6 is 0 Å². The van der Waals surface area contributed by atoms with Crippen LogP contribution in [-0.4, -0.2) is 66.4 Å². The van der Waals surface area contributed by atoms with Crippen LogP contribution in [-0.2, 0) is 14.3 Å². The molecule has 2 amide bonds. The summed E-state index contributed by atoms with van der Waals surface area (Å²) in [6, 6.07) is 0. The minimum atomic E-state index is -0.214. The van der Waals surface area contributed by atoms with Gasteiger partial charge in [-0.2, -0.15) is 0 Å². The highest BCUT2D eigenvalue weighted by Crippen LogP contribution is 2.54. The van der Waals surface area contributed by atoms with Crippen molar-refractivity contribution in [3.05, 3.63) is 17.5 Å². The van der Waals surface area contributed by atoms with Gasteiger partial charge in [0, 0.05) is 44.1 Å². The van der Waals surface area contributed by atoms with Crippen molar-refractivity contribution in [1.82, 2.24) is 15.4 Å². The second kappa shape index (κ2) is 6.84. The van der Waals surface area contributed by atoms with Gasteiger partial charge in [-0.3, -0.25) is 9.59 Å². The topological polar surface area (TPSA) is 93.9 Å². The lowest BCUT2D eigenvalue weighted by Gasteiger charge is -2.29. The van der Waals surface area contributed by atoms with Crippen LogP contribution in [0.2, 0.25) is 0 Å². The molecule has 4 saturated heterocycles. The van der Waals surface area contributed by atoms with E-state index in [1.54, 1.807) is 6.92 Å². The number of ether oxygens (including phenoxy) is 2. The van der Waals surface area contributed by atoms with Crippen LogP contribution in [0, 0.1) is 24.7 Å². The first kappa shape index (κ1) is 18.1. The van der Waals surface area contributed by atoms with E-state index in [9.17, 15) is 9.59 Å². The molecule has 4 fully saturated rings. The number of aromatic nitrogens is 1. The predicted molar refractivity (Wildman–Crippen MR) is 97.5 cm³/mol. The lowest BCUT2D eigenvalue weighted by atomic mass is 9.73. The molecular weight excluding hydrogens is 362 g/mol. The number of rotatable bonds is 4. The molecule has 1 aromatic rings. The van der Waals surface area contributed by atoms with Crippen molar-refractivity contribution in [2.45, 2.75) is 44.3 Å². The van der Waals surface area contributed by atoms with Crippen molar-refractivity contribution < 1.29 is 23.6 Å². The van der Waals surface area contributed by atoms with E-state index in [2.05, 4.69) is 10.5 Å². The zero-order valence-electron chi connectivity index (χ0n) is 16.2. The summed E-state index contributed by atoms with van der Waals surface area (Å²) in [6.07, 6.45) is 5.27. The average Bonchev–Trinajstić information content (AvgIpc) is 3.46. The molecule has 4 aliphatic heterocycles. The Morgan fingerprint density at radius 2 is 2.14 bits per heavy atom. The number of amides is 2. The minimum absolute atomic E-state index is 0.0795. The zero-order chi connectivity index (χ0) is 19.3. The average molecular weight is 389 g/mol. The fourth-order valence-corrected chi connectivity index (χ4v) is 5.66. The quantitative estimate of drug-likeness (QED) is 0.830.